The summed E-state index contributed by atoms with van der Waals surface area (Å²) < 4.78 is 16.1. The van der Waals surface area contributed by atoms with Gasteiger partial charge in [-0.1, -0.05) is 19.9 Å². The van der Waals surface area contributed by atoms with Gasteiger partial charge in [-0.25, -0.2) is 0 Å². The molecule has 0 unspecified atom stereocenters. The molecule has 130 valence electrons. The molecule has 0 spiro atoms. The number of hydrogen-bond donors (Lipinski definition) is 0. The van der Waals surface area contributed by atoms with Gasteiger partial charge < -0.3 is 19.0 Å². The third kappa shape index (κ3) is 2.21. The number of anilines is 1. The standard InChI is InChI=1S/C18H23NO5/c1-7-17(2,3)18(24-6)15(11-20)19(16(18)21)13-9-8-12(22-4)10-14(13)23-5/h7-11,15H,1H2,2-6H3/t15-,18+/m0/s1. The van der Waals surface area contributed by atoms with Crippen molar-refractivity contribution >= 4 is 17.9 Å². The van der Waals surface area contributed by atoms with E-state index >= 15 is 0 Å². The molecule has 0 N–H and O–H groups in total. The molecular weight excluding hydrogens is 310 g/mol. The van der Waals surface area contributed by atoms with E-state index in [1.54, 1.807) is 31.4 Å². The Hall–Kier alpha value is -2.34. The SMILES string of the molecule is C=CC(C)(C)[C@]1(OC)C(=O)N(c2ccc(OC)cc2OC)[C@H]1C=O. The van der Waals surface area contributed by atoms with Gasteiger partial charge in [0.05, 0.1) is 19.9 Å². The number of carbonyl (C=O) groups excluding carboxylic acids is 2. The number of carbonyl (C=O) groups is 2. The molecule has 1 saturated heterocycles. The van der Waals surface area contributed by atoms with Gasteiger partial charge in [0.15, 0.2) is 5.60 Å². The second-order valence-corrected chi connectivity index (χ2v) is 6.16. The van der Waals surface area contributed by atoms with E-state index in [0.717, 1.165) is 6.29 Å². The topological polar surface area (TPSA) is 65.1 Å². The van der Waals surface area contributed by atoms with Crippen LogP contribution in [0, 0.1) is 5.41 Å². The molecule has 0 bridgehead atoms. The van der Waals surface area contributed by atoms with Crippen LogP contribution in [0.15, 0.2) is 30.9 Å². The zero-order valence-electron chi connectivity index (χ0n) is 14.7. The molecule has 6 heteroatoms. The maximum atomic E-state index is 13.0. The first kappa shape index (κ1) is 18.0. The molecule has 1 fully saturated rings. The van der Waals surface area contributed by atoms with E-state index < -0.39 is 17.1 Å². The van der Waals surface area contributed by atoms with E-state index in [4.69, 9.17) is 14.2 Å². The van der Waals surface area contributed by atoms with Gasteiger partial charge in [-0.2, -0.15) is 0 Å². The summed E-state index contributed by atoms with van der Waals surface area (Å²) in [4.78, 5) is 26.2. The minimum atomic E-state index is -1.29. The van der Waals surface area contributed by atoms with Crippen LogP contribution in [0.25, 0.3) is 0 Å². The van der Waals surface area contributed by atoms with Crippen LogP contribution in [-0.2, 0) is 14.3 Å². The lowest BCUT2D eigenvalue weighted by Crippen LogP contribution is -2.80. The highest BCUT2D eigenvalue weighted by atomic mass is 16.5. The summed E-state index contributed by atoms with van der Waals surface area (Å²) in [5.41, 5.74) is -1.52. The molecule has 1 heterocycles. The number of aldehydes is 1. The Balaban J connectivity index is 2.54. The Morgan fingerprint density at radius 1 is 1.25 bits per heavy atom. The predicted molar refractivity (Wildman–Crippen MR) is 90.6 cm³/mol. The largest absolute Gasteiger partial charge is 0.497 e. The third-order valence-corrected chi connectivity index (χ3v) is 4.80. The van der Waals surface area contributed by atoms with Crippen molar-refractivity contribution in [1.29, 1.82) is 0 Å². The Morgan fingerprint density at radius 2 is 1.92 bits per heavy atom. The van der Waals surface area contributed by atoms with Crippen molar-refractivity contribution in [3.05, 3.63) is 30.9 Å². The van der Waals surface area contributed by atoms with Crippen LogP contribution in [0.1, 0.15) is 13.8 Å². The maximum absolute atomic E-state index is 13.0. The van der Waals surface area contributed by atoms with Crippen LogP contribution in [0.2, 0.25) is 0 Å². The minimum absolute atomic E-state index is 0.310. The Morgan fingerprint density at radius 3 is 2.38 bits per heavy atom. The molecular formula is C18H23NO5. The Bertz CT molecular complexity index is 669. The van der Waals surface area contributed by atoms with E-state index in [0.29, 0.717) is 17.2 Å². The molecule has 0 aromatic heterocycles. The summed E-state index contributed by atoms with van der Waals surface area (Å²) in [6, 6.07) is 4.27. The molecule has 1 aliphatic heterocycles. The van der Waals surface area contributed by atoms with Gasteiger partial charge in [0, 0.05) is 18.6 Å². The Kier molecular flexibility index (Phi) is 4.71. The van der Waals surface area contributed by atoms with Crippen LogP contribution in [-0.4, -0.2) is 45.2 Å². The van der Waals surface area contributed by atoms with Crippen LogP contribution in [0.5, 0.6) is 11.5 Å². The quantitative estimate of drug-likeness (QED) is 0.435. The first-order chi connectivity index (χ1) is 11.3. The van der Waals surface area contributed by atoms with Crippen LogP contribution < -0.4 is 14.4 Å². The summed E-state index contributed by atoms with van der Waals surface area (Å²) in [6.07, 6.45) is 2.35. The van der Waals surface area contributed by atoms with Crippen LogP contribution in [0.3, 0.4) is 0 Å². The monoisotopic (exact) mass is 333 g/mol. The van der Waals surface area contributed by atoms with E-state index in [-0.39, 0.29) is 5.91 Å². The molecule has 1 amide bonds. The second kappa shape index (κ2) is 6.28. The lowest BCUT2D eigenvalue weighted by Gasteiger charge is -2.58. The molecule has 1 aliphatic rings. The van der Waals surface area contributed by atoms with Crippen LogP contribution in [0.4, 0.5) is 5.69 Å². The number of amides is 1. The van der Waals surface area contributed by atoms with Gasteiger partial charge in [0.2, 0.25) is 0 Å². The van der Waals surface area contributed by atoms with E-state index in [1.165, 1.54) is 19.1 Å². The van der Waals surface area contributed by atoms with Crippen molar-refractivity contribution in [2.45, 2.75) is 25.5 Å². The fraction of sp³-hybridized carbons (Fsp3) is 0.444. The summed E-state index contributed by atoms with van der Waals surface area (Å²) in [5, 5.41) is 0. The highest BCUT2D eigenvalue weighted by Gasteiger charge is 2.68. The summed E-state index contributed by atoms with van der Waals surface area (Å²) >= 11 is 0. The highest BCUT2D eigenvalue weighted by molar-refractivity contribution is 6.14. The minimum Gasteiger partial charge on any atom is -0.497 e. The lowest BCUT2D eigenvalue weighted by atomic mass is 9.64. The normalized spacial score (nSPS) is 23.5. The highest BCUT2D eigenvalue weighted by Crippen LogP contribution is 2.50. The summed E-state index contributed by atoms with van der Waals surface area (Å²) in [6.45, 7) is 7.42. The third-order valence-electron chi connectivity index (χ3n) is 4.80. The fourth-order valence-corrected chi connectivity index (χ4v) is 3.23. The second-order valence-electron chi connectivity index (χ2n) is 6.16. The van der Waals surface area contributed by atoms with Gasteiger partial charge in [-0.15, -0.1) is 6.58 Å². The van der Waals surface area contributed by atoms with Gasteiger partial charge in [-0.3, -0.25) is 9.69 Å². The van der Waals surface area contributed by atoms with Crippen molar-refractivity contribution < 1.29 is 23.8 Å². The van der Waals surface area contributed by atoms with E-state index in [9.17, 15) is 9.59 Å². The molecule has 0 radical (unpaired) electrons. The molecule has 1 aromatic rings. The number of β-lactam (4-membered cyclic amide) rings is 1. The number of benzene rings is 1. The molecule has 2 rings (SSSR count). The average molecular weight is 333 g/mol. The van der Waals surface area contributed by atoms with E-state index in [1.807, 2.05) is 13.8 Å². The zero-order chi connectivity index (χ0) is 18.1. The smallest absolute Gasteiger partial charge is 0.263 e. The van der Waals surface area contributed by atoms with Crippen LogP contribution >= 0.6 is 0 Å². The number of ether oxygens (including phenoxy) is 3. The van der Waals surface area contributed by atoms with Crippen molar-refractivity contribution in [3.63, 3.8) is 0 Å². The fourth-order valence-electron chi connectivity index (χ4n) is 3.23. The Labute approximate surface area is 142 Å². The average Bonchev–Trinajstić information content (AvgIpc) is 2.59. The molecule has 1 aromatic carbocycles. The summed E-state index contributed by atoms with van der Waals surface area (Å²) in [7, 11) is 4.47. The number of methoxy groups -OCH3 is 3. The number of rotatable bonds is 7. The van der Waals surface area contributed by atoms with Crippen molar-refractivity contribution in [1.82, 2.24) is 0 Å². The van der Waals surface area contributed by atoms with Crippen molar-refractivity contribution in [3.8, 4) is 11.5 Å². The molecule has 2 atom stereocenters. The molecule has 0 aliphatic carbocycles. The molecule has 0 saturated carbocycles. The van der Waals surface area contributed by atoms with Gasteiger partial charge >= 0.3 is 0 Å². The number of nitrogens with zero attached hydrogens (tertiary/aromatic N) is 1. The van der Waals surface area contributed by atoms with Gasteiger partial charge in [0.25, 0.3) is 5.91 Å². The predicted octanol–water partition coefficient (Wildman–Crippen LogP) is 2.22. The van der Waals surface area contributed by atoms with E-state index in [2.05, 4.69) is 6.58 Å². The van der Waals surface area contributed by atoms with Crippen molar-refractivity contribution in [2.75, 3.05) is 26.2 Å². The summed E-state index contributed by atoms with van der Waals surface area (Å²) in [5.74, 6) is 0.724. The maximum Gasteiger partial charge on any atom is 0.263 e. The number of hydrogen-bond acceptors (Lipinski definition) is 5. The van der Waals surface area contributed by atoms with Gasteiger partial charge in [-0.05, 0) is 12.1 Å². The molecule has 6 nitrogen and oxygen atoms in total. The molecule has 24 heavy (non-hydrogen) atoms. The van der Waals surface area contributed by atoms with Gasteiger partial charge in [0.1, 0.15) is 23.8 Å². The first-order valence-corrected chi connectivity index (χ1v) is 7.54. The van der Waals surface area contributed by atoms with Crippen molar-refractivity contribution in [2.24, 2.45) is 5.41 Å². The first-order valence-electron chi connectivity index (χ1n) is 7.54. The zero-order valence-corrected chi connectivity index (χ0v) is 14.7. The lowest BCUT2D eigenvalue weighted by molar-refractivity contribution is -0.176.